The van der Waals surface area contributed by atoms with Crippen LogP contribution in [0, 0.1) is 6.92 Å². The van der Waals surface area contributed by atoms with E-state index in [0.29, 0.717) is 0 Å². The summed E-state index contributed by atoms with van der Waals surface area (Å²) in [7, 11) is 1.95. The summed E-state index contributed by atoms with van der Waals surface area (Å²) in [5.74, 6) is 1.08. The standard InChI is InChI=1S/C12H17N3S2/c1-10-3-4-11(17-10)7-13-5-6-16-12-8-14-15(2)9-12/h3-4,8-9,13H,5-7H2,1-2H3. The number of hydrogen-bond donors (Lipinski definition) is 1. The lowest BCUT2D eigenvalue weighted by atomic mass is 10.4. The molecule has 0 aliphatic carbocycles. The van der Waals surface area contributed by atoms with Gasteiger partial charge in [-0.2, -0.15) is 5.10 Å². The minimum absolute atomic E-state index is 0.978. The summed E-state index contributed by atoms with van der Waals surface area (Å²) in [6.45, 7) is 4.15. The Morgan fingerprint density at radius 3 is 3.00 bits per heavy atom. The van der Waals surface area contributed by atoms with Crippen LogP contribution in [-0.2, 0) is 13.6 Å². The van der Waals surface area contributed by atoms with Crippen LogP contribution in [0.1, 0.15) is 9.75 Å². The molecule has 1 N–H and O–H groups in total. The molecule has 0 unspecified atom stereocenters. The second-order valence-corrected chi connectivity index (χ2v) is 6.43. The second kappa shape index (κ2) is 6.23. The minimum Gasteiger partial charge on any atom is -0.311 e. The van der Waals surface area contributed by atoms with Gasteiger partial charge in [0.15, 0.2) is 0 Å². The lowest BCUT2D eigenvalue weighted by Gasteiger charge is -2.01. The van der Waals surface area contributed by atoms with Crippen molar-refractivity contribution in [2.45, 2.75) is 18.4 Å². The molecular formula is C12H17N3S2. The molecule has 3 nitrogen and oxygen atoms in total. The first-order valence-corrected chi connectivity index (χ1v) is 7.42. The van der Waals surface area contributed by atoms with Crippen LogP contribution in [-0.4, -0.2) is 22.1 Å². The van der Waals surface area contributed by atoms with E-state index in [2.05, 4.69) is 29.5 Å². The Labute approximate surface area is 110 Å². The van der Waals surface area contributed by atoms with E-state index in [1.807, 2.05) is 47.2 Å². The molecule has 17 heavy (non-hydrogen) atoms. The monoisotopic (exact) mass is 267 g/mol. The molecule has 0 amide bonds. The third kappa shape index (κ3) is 4.18. The average molecular weight is 267 g/mol. The quantitative estimate of drug-likeness (QED) is 0.644. The largest absolute Gasteiger partial charge is 0.311 e. The van der Waals surface area contributed by atoms with Crippen molar-refractivity contribution in [2.75, 3.05) is 12.3 Å². The van der Waals surface area contributed by atoms with Gasteiger partial charge in [0.2, 0.25) is 0 Å². The SMILES string of the molecule is Cc1ccc(CNCCSc2cnn(C)c2)s1. The van der Waals surface area contributed by atoms with Crippen molar-refractivity contribution >= 4 is 23.1 Å². The maximum Gasteiger partial charge on any atom is 0.0625 e. The van der Waals surface area contributed by atoms with Crippen LogP contribution in [0.5, 0.6) is 0 Å². The van der Waals surface area contributed by atoms with Crippen molar-refractivity contribution in [1.29, 1.82) is 0 Å². The number of thiophene rings is 1. The predicted molar refractivity (Wildman–Crippen MR) is 74.7 cm³/mol. The Bertz CT molecular complexity index is 420. The van der Waals surface area contributed by atoms with Gasteiger partial charge in [-0.05, 0) is 19.1 Å². The van der Waals surface area contributed by atoms with E-state index in [1.165, 1.54) is 14.6 Å². The molecule has 92 valence electrons. The highest BCUT2D eigenvalue weighted by atomic mass is 32.2. The fourth-order valence-corrected chi connectivity index (χ4v) is 3.20. The van der Waals surface area contributed by atoms with Crippen LogP contribution in [0.3, 0.4) is 0 Å². The van der Waals surface area contributed by atoms with Gasteiger partial charge in [0.05, 0.1) is 6.20 Å². The van der Waals surface area contributed by atoms with Gasteiger partial charge >= 0.3 is 0 Å². The van der Waals surface area contributed by atoms with Gasteiger partial charge in [0.25, 0.3) is 0 Å². The van der Waals surface area contributed by atoms with Crippen molar-refractivity contribution < 1.29 is 0 Å². The first-order valence-electron chi connectivity index (χ1n) is 5.61. The van der Waals surface area contributed by atoms with Crippen LogP contribution in [0.15, 0.2) is 29.4 Å². The number of hydrogen-bond acceptors (Lipinski definition) is 4. The van der Waals surface area contributed by atoms with E-state index in [4.69, 9.17) is 0 Å². The van der Waals surface area contributed by atoms with Crippen molar-refractivity contribution in [3.8, 4) is 0 Å². The fraction of sp³-hybridized carbons (Fsp3) is 0.417. The number of rotatable bonds is 6. The zero-order valence-electron chi connectivity index (χ0n) is 10.1. The van der Waals surface area contributed by atoms with Gasteiger partial charge in [-0.25, -0.2) is 0 Å². The smallest absolute Gasteiger partial charge is 0.0625 e. The first kappa shape index (κ1) is 12.7. The molecule has 0 radical (unpaired) electrons. The molecule has 0 aromatic carbocycles. The molecule has 0 saturated carbocycles. The van der Waals surface area contributed by atoms with Gasteiger partial charge in [-0.1, -0.05) is 0 Å². The number of thioether (sulfide) groups is 1. The molecule has 0 spiro atoms. The lowest BCUT2D eigenvalue weighted by Crippen LogP contribution is -2.15. The summed E-state index contributed by atoms with van der Waals surface area (Å²) in [5, 5.41) is 7.60. The second-order valence-electron chi connectivity index (χ2n) is 3.89. The third-order valence-corrected chi connectivity index (χ3v) is 4.28. The van der Waals surface area contributed by atoms with Crippen LogP contribution in [0.4, 0.5) is 0 Å². The van der Waals surface area contributed by atoms with E-state index in [0.717, 1.165) is 18.8 Å². The minimum atomic E-state index is 0.978. The van der Waals surface area contributed by atoms with Crippen LogP contribution < -0.4 is 5.32 Å². The molecule has 0 aliphatic rings. The summed E-state index contributed by atoms with van der Waals surface area (Å²) in [6.07, 6.45) is 3.96. The Balaban J connectivity index is 1.60. The van der Waals surface area contributed by atoms with Gasteiger partial charge in [0.1, 0.15) is 0 Å². The molecule has 2 rings (SSSR count). The van der Waals surface area contributed by atoms with E-state index in [-0.39, 0.29) is 0 Å². The Kier molecular flexibility index (Phi) is 4.65. The molecule has 0 bridgehead atoms. The maximum absolute atomic E-state index is 4.14. The van der Waals surface area contributed by atoms with Crippen LogP contribution in [0.25, 0.3) is 0 Å². The van der Waals surface area contributed by atoms with Gasteiger partial charge < -0.3 is 5.32 Å². The van der Waals surface area contributed by atoms with E-state index in [1.54, 1.807) is 0 Å². The molecule has 0 atom stereocenters. The zero-order chi connectivity index (χ0) is 12.1. The normalized spacial score (nSPS) is 10.9. The summed E-state index contributed by atoms with van der Waals surface area (Å²) in [6, 6.07) is 4.37. The van der Waals surface area contributed by atoms with E-state index in [9.17, 15) is 0 Å². The van der Waals surface area contributed by atoms with Crippen molar-refractivity contribution in [1.82, 2.24) is 15.1 Å². The predicted octanol–water partition coefficient (Wildman–Crippen LogP) is 2.67. The van der Waals surface area contributed by atoms with Crippen molar-refractivity contribution in [2.24, 2.45) is 7.05 Å². The molecule has 2 aromatic heterocycles. The average Bonchev–Trinajstić information content (AvgIpc) is 2.88. The number of nitrogens with one attached hydrogen (secondary N) is 1. The Morgan fingerprint density at radius 1 is 1.47 bits per heavy atom. The molecule has 0 aliphatic heterocycles. The van der Waals surface area contributed by atoms with Gasteiger partial charge in [-0.15, -0.1) is 23.1 Å². The summed E-state index contributed by atoms with van der Waals surface area (Å²) >= 11 is 3.70. The van der Waals surface area contributed by atoms with E-state index < -0.39 is 0 Å². The maximum atomic E-state index is 4.14. The fourth-order valence-electron chi connectivity index (χ4n) is 1.51. The summed E-state index contributed by atoms with van der Waals surface area (Å²) in [4.78, 5) is 4.03. The highest BCUT2D eigenvalue weighted by molar-refractivity contribution is 7.99. The van der Waals surface area contributed by atoms with Crippen molar-refractivity contribution in [3.63, 3.8) is 0 Å². The number of nitrogens with zero attached hydrogens (tertiary/aromatic N) is 2. The first-order chi connectivity index (χ1) is 8.24. The molecule has 5 heteroatoms. The highest BCUT2D eigenvalue weighted by Crippen LogP contribution is 2.16. The van der Waals surface area contributed by atoms with Crippen LogP contribution >= 0.6 is 23.1 Å². The Morgan fingerprint density at radius 2 is 2.35 bits per heavy atom. The van der Waals surface area contributed by atoms with Crippen LogP contribution in [0.2, 0.25) is 0 Å². The topological polar surface area (TPSA) is 29.9 Å². The lowest BCUT2D eigenvalue weighted by molar-refractivity contribution is 0.741. The van der Waals surface area contributed by atoms with Crippen molar-refractivity contribution in [3.05, 3.63) is 34.3 Å². The Hall–Kier alpha value is -0.780. The summed E-state index contributed by atoms with van der Waals surface area (Å²) < 4.78 is 1.84. The van der Waals surface area contributed by atoms with Gasteiger partial charge in [0, 0.05) is 46.7 Å². The van der Waals surface area contributed by atoms with E-state index >= 15 is 0 Å². The molecule has 2 aromatic rings. The number of aromatic nitrogens is 2. The number of aryl methyl sites for hydroxylation is 2. The molecule has 2 heterocycles. The molecule has 0 fully saturated rings. The highest BCUT2D eigenvalue weighted by Gasteiger charge is 1.98. The zero-order valence-corrected chi connectivity index (χ0v) is 11.8. The van der Waals surface area contributed by atoms with Gasteiger partial charge in [-0.3, -0.25) is 4.68 Å². The molecular weight excluding hydrogens is 250 g/mol. The summed E-state index contributed by atoms with van der Waals surface area (Å²) in [5.41, 5.74) is 0. The third-order valence-electron chi connectivity index (χ3n) is 2.32. The molecule has 0 saturated heterocycles.